The van der Waals surface area contributed by atoms with Crippen LogP contribution in [0.1, 0.15) is 32.1 Å². The Labute approximate surface area is 120 Å². The second-order valence-electron chi connectivity index (χ2n) is 7.28. The number of piperazine rings is 1. The second-order valence-corrected chi connectivity index (χ2v) is 7.28. The molecule has 2 amide bonds. The highest BCUT2D eigenvalue weighted by Gasteiger charge is 2.48. The highest BCUT2D eigenvalue weighted by atomic mass is 16.2. The third-order valence-corrected chi connectivity index (χ3v) is 5.90. The first-order chi connectivity index (χ1) is 9.78. The summed E-state index contributed by atoms with van der Waals surface area (Å²) in [6.45, 7) is 3.71. The van der Waals surface area contributed by atoms with Crippen LogP contribution in [0.5, 0.6) is 0 Å². The van der Waals surface area contributed by atoms with Gasteiger partial charge in [0, 0.05) is 32.2 Å². The van der Waals surface area contributed by atoms with E-state index in [1.165, 1.54) is 32.1 Å². The van der Waals surface area contributed by atoms with Gasteiger partial charge in [-0.2, -0.15) is 0 Å². The minimum atomic E-state index is 0.0179. The summed E-state index contributed by atoms with van der Waals surface area (Å²) in [4.78, 5) is 12.2. The third kappa shape index (κ3) is 2.42. The summed E-state index contributed by atoms with van der Waals surface area (Å²) in [6.07, 6.45) is 6.88. The summed E-state index contributed by atoms with van der Waals surface area (Å²) in [6, 6.07) is 0.454. The van der Waals surface area contributed by atoms with Crippen molar-refractivity contribution < 1.29 is 4.79 Å². The molecule has 0 aromatic carbocycles. The zero-order chi connectivity index (χ0) is 13.5. The van der Waals surface area contributed by atoms with Crippen molar-refractivity contribution in [2.24, 2.45) is 23.7 Å². The van der Waals surface area contributed by atoms with Crippen LogP contribution in [0.15, 0.2) is 0 Å². The maximum Gasteiger partial charge on any atom is 0.329 e. The molecule has 4 bridgehead atoms. The number of amides is 2. The predicted octanol–water partition coefficient (Wildman–Crippen LogP) is 0.931. The predicted molar refractivity (Wildman–Crippen MR) is 76.9 cm³/mol. The average molecular weight is 278 g/mol. The molecule has 1 heterocycles. The zero-order valence-corrected chi connectivity index (χ0v) is 12.1. The van der Waals surface area contributed by atoms with Gasteiger partial charge >= 0.3 is 6.03 Å². The Hall–Kier alpha value is -0.810. The molecule has 4 saturated carbocycles. The Morgan fingerprint density at radius 2 is 1.55 bits per heavy atom. The van der Waals surface area contributed by atoms with Crippen LogP contribution in [0, 0.1) is 23.7 Å². The summed E-state index contributed by atoms with van der Waals surface area (Å²) < 4.78 is 0. The van der Waals surface area contributed by atoms with E-state index in [1.807, 2.05) is 5.01 Å². The summed E-state index contributed by atoms with van der Waals surface area (Å²) >= 11 is 0. The van der Waals surface area contributed by atoms with Gasteiger partial charge in [-0.05, 0) is 55.8 Å². The third-order valence-electron chi connectivity index (χ3n) is 5.90. The number of rotatable bonds is 2. The lowest BCUT2D eigenvalue weighted by atomic mass is 9.54. The van der Waals surface area contributed by atoms with Gasteiger partial charge < -0.3 is 10.6 Å². The van der Waals surface area contributed by atoms with E-state index >= 15 is 0 Å². The maximum absolute atomic E-state index is 12.2. The van der Waals surface area contributed by atoms with Crippen LogP contribution >= 0.6 is 0 Å². The summed E-state index contributed by atoms with van der Waals surface area (Å²) in [5.41, 5.74) is 3.02. The van der Waals surface area contributed by atoms with E-state index in [2.05, 4.69) is 16.1 Å². The van der Waals surface area contributed by atoms with E-state index in [4.69, 9.17) is 0 Å². The molecule has 1 saturated heterocycles. The lowest BCUT2D eigenvalue weighted by Gasteiger charge is -2.54. The first-order valence-corrected chi connectivity index (χ1v) is 8.31. The molecule has 5 heteroatoms. The number of nitrogens with one attached hydrogen (secondary N) is 3. The lowest BCUT2D eigenvalue weighted by molar-refractivity contribution is -0.0104. The summed E-state index contributed by atoms with van der Waals surface area (Å²) in [5.74, 6) is 3.43. The summed E-state index contributed by atoms with van der Waals surface area (Å²) in [5, 5.41) is 8.62. The van der Waals surface area contributed by atoms with Crippen molar-refractivity contribution in [3.05, 3.63) is 0 Å². The molecule has 0 aromatic rings. The van der Waals surface area contributed by atoms with Gasteiger partial charge in [-0.1, -0.05) is 0 Å². The Kier molecular flexibility index (Phi) is 3.34. The molecule has 5 rings (SSSR count). The van der Waals surface area contributed by atoms with E-state index in [-0.39, 0.29) is 6.03 Å². The van der Waals surface area contributed by atoms with E-state index < -0.39 is 0 Å². The first kappa shape index (κ1) is 12.9. The number of hydrogen-bond acceptors (Lipinski definition) is 3. The standard InChI is InChI=1S/C15H26N4O/c20-15(18-19-3-1-16-2-4-19)17-14-12-6-10-5-11(8-12)9-13(14)7-10/h10-14,16H,1-9H2,(H2,17,18,20). The van der Waals surface area contributed by atoms with Gasteiger partial charge in [0.2, 0.25) is 0 Å². The van der Waals surface area contributed by atoms with Gasteiger partial charge in [0.05, 0.1) is 0 Å². The van der Waals surface area contributed by atoms with Gasteiger partial charge in [-0.25, -0.2) is 9.80 Å². The maximum atomic E-state index is 12.2. The number of nitrogens with zero attached hydrogens (tertiary/aromatic N) is 1. The van der Waals surface area contributed by atoms with Crippen molar-refractivity contribution in [1.29, 1.82) is 0 Å². The quantitative estimate of drug-likeness (QED) is 0.704. The molecule has 3 N–H and O–H groups in total. The monoisotopic (exact) mass is 278 g/mol. The van der Waals surface area contributed by atoms with Gasteiger partial charge in [-0.3, -0.25) is 5.43 Å². The van der Waals surface area contributed by atoms with Crippen LogP contribution in [0.4, 0.5) is 4.79 Å². The highest BCUT2D eigenvalue weighted by molar-refractivity contribution is 5.73. The Bertz CT molecular complexity index is 352. The number of carbonyl (C=O) groups is 1. The molecular formula is C15H26N4O. The normalized spacial score (nSPS) is 43.5. The second kappa shape index (κ2) is 5.19. The molecule has 4 aliphatic carbocycles. The first-order valence-electron chi connectivity index (χ1n) is 8.31. The van der Waals surface area contributed by atoms with E-state index in [0.717, 1.165) is 49.9 Å². The van der Waals surface area contributed by atoms with Crippen LogP contribution in [-0.2, 0) is 0 Å². The Morgan fingerprint density at radius 3 is 2.15 bits per heavy atom. The average Bonchev–Trinajstić information content (AvgIpc) is 2.43. The molecule has 0 spiro atoms. The molecular weight excluding hydrogens is 252 g/mol. The fraction of sp³-hybridized carbons (Fsp3) is 0.933. The highest BCUT2D eigenvalue weighted by Crippen LogP contribution is 2.53. The Morgan fingerprint density at radius 1 is 0.950 bits per heavy atom. The zero-order valence-electron chi connectivity index (χ0n) is 12.1. The van der Waals surface area contributed by atoms with Crippen molar-refractivity contribution in [2.45, 2.75) is 38.1 Å². The molecule has 0 atom stereocenters. The van der Waals surface area contributed by atoms with E-state index in [9.17, 15) is 4.79 Å². The SMILES string of the molecule is O=C(NC1C2CC3CC(C2)CC1C3)NN1CCNCC1. The van der Waals surface area contributed by atoms with Crippen LogP contribution in [0.3, 0.4) is 0 Å². The van der Waals surface area contributed by atoms with Crippen LogP contribution in [0.25, 0.3) is 0 Å². The van der Waals surface area contributed by atoms with Crippen LogP contribution in [-0.4, -0.2) is 43.3 Å². The van der Waals surface area contributed by atoms with Gasteiger partial charge in [-0.15, -0.1) is 0 Å². The van der Waals surface area contributed by atoms with E-state index in [1.54, 1.807) is 0 Å². The molecule has 20 heavy (non-hydrogen) atoms. The smallest absolute Gasteiger partial charge is 0.329 e. The topological polar surface area (TPSA) is 56.4 Å². The van der Waals surface area contributed by atoms with Gasteiger partial charge in [0.1, 0.15) is 0 Å². The fourth-order valence-electron chi connectivity index (χ4n) is 5.26. The molecule has 0 unspecified atom stereocenters. The molecule has 5 fully saturated rings. The molecule has 5 nitrogen and oxygen atoms in total. The molecule has 112 valence electrons. The molecule has 1 aliphatic heterocycles. The van der Waals surface area contributed by atoms with Crippen LogP contribution in [0.2, 0.25) is 0 Å². The number of carbonyl (C=O) groups excluding carboxylic acids is 1. The number of hydrogen-bond donors (Lipinski definition) is 3. The van der Waals surface area contributed by atoms with E-state index in [0.29, 0.717) is 6.04 Å². The molecule has 0 aromatic heterocycles. The van der Waals surface area contributed by atoms with Crippen molar-refractivity contribution in [3.63, 3.8) is 0 Å². The minimum Gasteiger partial charge on any atom is -0.334 e. The van der Waals surface area contributed by atoms with Crippen molar-refractivity contribution in [1.82, 2.24) is 21.1 Å². The number of hydrazine groups is 1. The van der Waals surface area contributed by atoms with Crippen molar-refractivity contribution in [3.8, 4) is 0 Å². The van der Waals surface area contributed by atoms with Gasteiger partial charge in [0.25, 0.3) is 0 Å². The van der Waals surface area contributed by atoms with Crippen molar-refractivity contribution in [2.75, 3.05) is 26.2 Å². The summed E-state index contributed by atoms with van der Waals surface area (Å²) in [7, 11) is 0. The van der Waals surface area contributed by atoms with Crippen LogP contribution < -0.4 is 16.1 Å². The van der Waals surface area contributed by atoms with Gasteiger partial charge in [0.15, 0.2) is 0 Å². The van der Waals surface area contributed by atoms with Crippen molar-refractivity contribution >= 4 is 6.03 Å². The Balaban J connectivity index is 1.33. The molecule has 0 radical (unpaired) electrons. The molecule has 5 aliphatic rings. The number of urea groups is 1. The largest absolute Gasteiger partial charge is 0.334 e. The minimum absolute atomic E-state index is 0.0179. The fourth-order valence-corrected chi connectivity index (χ4v) is 5.26. The lowest BCUT2D eigenvalue weighted by Crippen LogP contribution is -2.60.